The van der Waals surface area contributed by atoms with Crippen molar-refractivity contribution in [2.45, 2.75) is 24.1 Å². The van der Waals surface area contributed by atoms with Crippen LogP contribution in [0.2, 0.25) is 5.02 Å². The van der Waals surface area contributed by atoms with Crippen molar-refractivity contribution in [1.82, 2.24) is 20.2 Å². The first kappa shape index (κ1) is 14.6. The lowest BCUT2D eigenvalue weighted by atomic mass is 10.1. The fraction of sp³-hybridized carbons (Fsp3) is 0.417. The van der Waals surface area contributed by atoms with E-state index in [0.29, 0.717) is 30.5 Å². The molecule has 0 radical (unpaired) electrons. The van der Waals surface area contributed by atoms with E-state index in [1.54, 1.807) is 4.68 Å². The van der Waals surface area contributed by atoms with E-state index in [2.05, 4.69) is 15.5 Å². The molecule has 0 spiro atoms. The molecule has 1 aromatic heterocycles. The van der Waals surface area contributed by atoms with Crippen LogP contribution in [0, 0.1) is 0 Å². The maximum Gasteiger partial charge on any atom is 0.209 e. The average Bonchev–Trinajstić information content (AvgIpc) is 2.92. The molecule has 0 atom stereocenters. The van der Waals surface area contributed by atoms with Crippen LogP contribution in [0.15, 0.2) is 17.3 Å². The quantitative estimate of drug-likeness (QED) is 0.831. The third-order valence-electron chi connectivity index (χ3n) is 2.95. The van der Waals surface area contributed by atoms with Gasteiger partial charge in [0.05, 0.1) is 13.2 Å². The van der Waals surface area contributed by atoms with Crippen LogP contribution in [-0.4, -0.2) is 33.5 Å². The highest BCUT2D eigenvalue weighted by Gasteiger charge is 2.17. The van der Waals surface area contributed by atoms with Gasteiger partial charge in [0, 0.05) is 28.4 Å². The molecule has 0 bridgehead atoms. The molecular weight excluding hydrogens is 314 g/mol. The van der Waals surface area contributed by atoms with Gasteiger partial charge in [-0.15, -0.1) is 5.10 Å². The van der Waals surface area contributed by atoms with Crippen LogP contribution in [0.1, 0.15) is 11.1 Å². The van der Waals surface area contributed by atoms with Crippen molar-refractivity contribution in [1.29, 1.82) is 0 Å². The van der Waals surface area contributed by atoms with E-state index in [9.17, 15) is 0 Å². The summed E-state index contributed by atoms with van der Waals surface area (Å²) >= 11 is 7.66. The molecule has 1 aliphatic rings. The lowest BCUT2D eigenvalue weighted by Crippen LogP contribution is -2.13. The van der Waals surface area contributed by atoms with Crippen molar-refractivity contribution in [3.63, 3.8) is 0 Å². The molecule has 3 rings (SSSR count). The molecule has 1 aromatic carbocycles. The minimum absolute atomic E-state index is 0.261. The summed E-state index contributed by atoms with van der Waals surface area (Å²) in [6.07, 6.45) is 0. The summed E-state index contributed by atoms with van der Waals surface area (Å²) < 4.78 is 12.5. The zero-order valence-electron chi connectivity index (χ0n) is 11.2. The number of aromatic nitrogens is 4. The highest BCUT2D eigenvalue weighted by molar-refractivity contribution is 7.98. The molecular formula is C12H14ClN5O2S. The van der Waals surface area contributed by atoms with Crippen LogP contribution in [0.4, 0.5) is 0 Å². The third-order valence-corrected chi connectivity index (χ3v) is 4.17. The largest absolute Gasteiger partial charge is 0.467 e. The Balaban J connectivity index is 1.78. The van der Waals surface area contributed by atoms with E-state index in [-0.39, 0.29) is 6.79 Å². The standard InChI is InChI=1S/C12H14ClN5O2S/c13-10-3-8-5-19-7-20-11(8)9(4-10)6-21-12-15-16-17-18(12)2-1-14/h3-4H,1-2,5-7,14H2. The highest BCUT2D eigenvalue weighted by atomic mass is 35.5. The van der Waals surface area contributed by atoms with Gasteiger partial charge >= 0.3 is 0 Å². The second kappa shape index (κ2) is 6.61. The van der Waals surface area contributed by atoms with Crippen molar-refractivity contribution in [2.75, 3.05) is 13.3 Å². The van der Waals surface area contributed by atoms with E-state index in [4.69, 9.17) is 26.8 Å². The first-order chi connectivity index (χ1) is 10.3. The Hall–Kier alpha value is -1.35. The minimum Gasteiger partial charge on any atom is -0.467 e. The van der Waals surface area contributed by atoms with E-state index in [0.717, 1.165) is 22.0 Å². The van der Waals surface area contributed by atoms with E-state index >= 15 is 0 Å². The van der Waals surface area contributed by atoms with Gasteiger partial charge in [-0.2, -0.15) is 0 Å². The number of halogens is 1. The summed E-state index contributed by atoms with van der Waals surface area (Å²) in [5, 5.41) is 13.0. The number of tetrazole rings is 1. The highest BCUT2D eigenvalue weighted by Crippen LogP contribution is 2.34. The fourth-order valence-corrected chi connectivity index (χ4v) is 3.20. The smallest absolute Gasteiger partial charge is 0.209 e. The zero-order valence-corrected chi connectivity index (χ0v) is 12.7. The number of nitrogens with zero attached hydrogens (tertiary/aromatic N) is 4. The van der Waals surface area contributed by atoms with Crippen molar-refractivity contribution in [3.8, 4) is 5.75 Å². The number of thioether (sulfide) groups is 1. The molecule has 2 heterocycles. The summed E-state index contributed by atoms with van der Waals surface area (Å²) in [4.78, 5) is 0. The van der Waals surface area contributed by atoms with Crippen molar-refractivity contribution in [2.24, 2.45) is 5.73 Å². The molecule has 0 saturated carbocycles. The monoisotopic (exact) mass is 327 g/mol. The topological polar surface area (TPSA) is 88.1 Å². The normalized spacial score (nSPS) is 13.8. The van der Waals surface area contributed by atoms with Crippen LogP contribution in [-0.2, 0) is 23.6 Å². The van der Waals surface area contributed by atoms with Gasteiger partial charge in [-0.05, 0) is 22.6 Å². The van der Waals surface area contributed by atoms with Crippen molar-refractivity contribution >= 4 is 23.4 Å². The van der Waals surface area contributed by atoms with Crippen LogP contribution in [0.3, 0.4) is 0 Å². The number of benzene rings is 1. The number of nitrogens with two attached hydrogens (primary N) is 1. The van der Waals surface area contributed by atoms with Crippen LogP contribution < -0.4 is 10.5 Å². The van der Waals surface area contributed by atoms with Crippen molar-refractivity contribution in [3.05, 3.63) is 28.3 Å². The summed E-state index contributed by atoms with van der Waals surface area (Å²) in [6.45, 7) is 1.86. The van der Waals surface area contributed by atoms with E-state index < -0.39 is 0 Å². The SMILES string of the molecule is NCCn1nnnc1SCc1cc(Cl)cc2c1OCOC2. The molecule has 2 N–H and O–H groups in total. The van der Waals surface area contributed by atoms with Crippen molar-refractivity contribution < 1.29 is 9.47 Å². The summed E-state index contributed by atoms with van der Waals surface area (Å²) in [5.41, 5.74) is 7.50. The van der Waals surface area contributed by atoms with Gasteiger partial charge in [0.1, 0.15) is 5.75 Å². The lowest BCUT2D eigenvalue weighted by Gasteiger charge is -2.20. The van der Waals surface area contributed by atoms with Gasteiger partial charge in [0.15, 0.2) is 6.79 Å². The first-order valence-electron chi connectivity index (χ1n) is 6.39. The van der Waals surface area contributed by atoms with Crippen LogP contribution >= 0.6 is 23.4 Å². The van der Waals surface area contributed by atoms with Gasteiger partial charge in [0.25, 0.3) is 0 Å². The maximum absolute atomic E-state index is 6.14. The van der Waals surface area contributed by atoms with Gasteiger partial charge in [0.2, 0.25) is 5.16 Å². The number of rotatable bonds is 5. The second-order valence-corrected chi connectivity index (χ2v) is 5.80. The number of hydrogen-bond acceptors (Lipinski definition) is 7. The first-order valence-corrected chi connectivity index (χ1v) is 7.75. The molecule has 0 fully saturated rings. The Morgan fingerprint density at radius 2 is 2.33 bits per heavy atom. The maximum atomic E-state index is 6.14. The van der Waals surface area contributed by atoms with E-state index in [1.807, 2.05) is 12.1 Å². The Kier molecular flexibility index (Phi) is 4.59. The molecule has 21 heavy (non-hydrogen) atoms. The Labute approximate surface area is 130 Å². The lowest BCUT2D eigenvalue weighted by molar-refractivity contribution is -0.0168. The van der Waals surface area contributed by atoms with Gasteiger partial charge < -0.3 is 15.2 Å². The molecule has 0 unspecified atom stereocenters. The summed E-state index contributed by atoms with van der Waals surface area (Å²) in [5.74, 6) is 1.50. The predicted molar refractivity (Wildman–Crippen MR) is 78.2 cm³/mol. The molecule has 112 valence electrons. The molecule has 9 heteroatoms. The minimum atomic E-state index is 0.261. The molecule has 1 aliphatic heterocycles. The zero-order chi connectivity index (χ0) is 14.7. The molecule has 2 aromatic rings. The molecule has 0 amide bonds. The average molecular weight is 328 g/mol. The number of fused-ring (bicyclic) bond motifs is 1. The van der Waals surface area contributed by atoms with Gasteiger partial charge in [-0.25, -0.2) is 4.68 Å². The fourth-order valence-electron chi connectivity index (χ4n) is 2.07. The van der Waals surface area contributed by atoms with Gasteiger partial charge in [-0.3, -0.25) is 0 Å². The second-order valence-electron chi connectivity index (χ2n) is 4.43. The third kappa shape index (κ3) is 3.29. The van der Waals surface area contributed by atoms with E-state index in [1.165, 1.54) is 11.8 Å². The molecule has 7 nitrogen and oxygen atoms in total. The summed E-state index contributed by atoms with van der Waals surface area (Å²) in [6, 6.07) is 3.76. The van der Waals surface area contributed by atoms with Gasteiger partial charge in [-0.1, -0.05) is 23.4 Å². The Morgan fingerprint density at radius 1 is 1.43 bits per heavy atom. The van der Waals surface area contributed by atoms with Crippen LogP contribution in [0.25, 0.3) is 0 Å². The molecule has 0 saturated heterocycles. The van der Waals surface area contributed by atoms with Crippen LogP contribution in [0.5, 0.6) is 5.75 Å². The number of hydrogen-bond donors (Lipinski definition) is 1. The predicted octanol–water partition coefficient (Wildman–Crippen LogP) is 1.44. The Bertz CT molecular complexity index is 636. The number of ether oxygens (including phenoxy) is 2. The summed E-state index contributed by atoms with van der Waals surface area (Å²) in [7, 11) is 0. The molecule has 0 aliphatic carbocycles. The Morgan fingerprint density at radius 3 is 3.19 bits per heavy atom.